The highest BCUT2D eigenvalue weighted by atomic mass is 15.1. The van der Waals surface area contributed by atoms with E-state index in [2.05, 4.69) is 44.1 Å². The van der Waals surface area contributed by atoms with E-state index in [-0.39, 0.29) is 0 Å². The van der Waals surface area contributed by atoms with Crippen LogP contribution in [0.3, 0.4) is 0 Å². The lowest BCUT2D eigenvalue weighted by Crippen LogP contribution is -2.19. The van der Waals surface area contributed by atoms with Crippen LogP contribution >= 0.6 is 0 Å². The van der Waals surface area contributed by atoms with E-state index in [0.29, 0.717) is 6.04 Å². The normalized spacial score (nSPS) is 14.7. The fourth-order valence-corrected chi connectivity index (χ4v) is 2.65. The Bertz CT molecular complexity index is 753. The maximum absolute atomic E-state index is 4.53. The van der Waals surface area contributed by atoms with E-state index in [0.717, 1.165) is 24.4 Å². The van der Waals surface area contributed by atoms with Crippen molar-refractivity contribution in [3.8, 4) is 0 Å². The molecule has 3 aromatic rings. The van der Waals surface area contributed by atoms with E-state index in [9.17, 15) is 0 Å². The van der Waals surface area contributed by atoms with Gasteiger partial charge in [0.1, 0.15) is 5.82 Å². The van der Waals surface area contributed by atoms with Crippen LogP contribution in [0.5, 0.6) is 0 Å². The number of fused-ring (bicyclic) bond motifs is 1. The minimum Gasteiger partial charge on any atom is -0.329 e. The summed E-state index contributed by atoms with van der Waals surface area (Å²) < 4.78 is 2.21. The smallest absolute Gasteiger partial charge is 0.122 e. The lowest BCUT2D eigenvalue weighted by molar-refractivity contribution is 0.619. The fourth-order valence-electron chi connectivity index (χ4n) is 2.65. The molecule has 106 valence electrons. The number of para-hydroxylation sites is 1. The Morgan fingerprint density at radius 2 is 2.00 bits per heavy atom. The SMILES string of the molecule is c1cnc2c(Cn3ccnc3CNC3CC3)cccc2c1. The first-order valence-electron chi connectivity index (χ1n) is 7.46. The van der Waals surface area contributed by atoms with Gasteiger partial charge < -0.3 is 9.88 Å². The van der Waals surface area contributed by atoms with Gasteiger partial charge >= 0.3 is 0 Å². The molecule has 1 N–H and O–H groups in total. The van der Waals surface area contributed by atoms with Crippen molar-refractivity contribution in [1.82, 2.24) is 19.9 Å². The van der Waals surface area contributed by atoms with Gasteiger partial charge in [0.15, 0.2) is 0 Å². The van der Waals surface area contributed by atoms with Crippen molar-refractivity contribution in [2.75, 3.05) is 0 Å². The maximum Gasteiger partial charge on any atom is 0.122 e. The summed E-state index contributed by atoms with van der Waals surface area (Å²) in [6.07, 6.45) is 8.38. The minimum absolute atomic E-state index is 0.703. The molecule has 4 nitrogen and oxygen atoms in total. The lowest BCUT2D eigenvalue weighted by Gasteiger charge is -2.10. The summed E-state index contributed by atoms with van der Waals surface area (Å²) in [5.41, 5.74) is 2.31. The molecule has 0 amide bonds. The van der Waals surface area contributed by atoms with Crippen LogP contribution in [-0.4, -0.2) is 20.6 Å². The number of rotatable bonds is 5. The topological polar surface area (TPSA) is 42.7 Å². The second kappa shape index (κ2) is 5.30. The molecule has 0 aliphatic heterocycles. The fraction of sp³-hybridized carbons (Fsp3) is 0.294. The molecule has 4 heteroatoms. The number of aromatic nitrogens is 3. The van der Waals surface area contributed by atoms with Gasteiger partial charge in [-0.15, -0.1) is 0 Å². The van der Waals surface area contributed by atoms with Crippen molar-refractivity contribution in [2.45, 2.75) is 32.0 Å². The molecular weight excluding hydrogens is 260 g/mol. The van der Waals surface area contributed by atoms with E-state index >= 15 is 0 Å². The summed E-state index contributed by atoms with van der Waals surface area (Å²) in [4.78, 5) is 9.00. The Kier molecular flexibility index (Phi) is 3.16. The summed E-state index contributed by atoms with van der Waals surface area (Å²) in [7, 11) is 0. The molecule has 0 atom stereocenters. The summed E-state index contributed by atoms with van der Waals surface area (Å²) in [5, 5.41) is 4.71. The third kappa shape index (κ3) is 2.67. The largest absolute Gasteiger partial charge is 0.329 e. The molecule has 1 fully saturated rings. The summed E-state index contributed by atoms with van der Waals surface area (Å²) in [6, 6.07) is 11.1. The molecule has 1 aliphatic rings. The zero-order valence-electron chi connectivity index (χ0n) is 11.9. The third-order valence-corrected chi connectivity index (χ3v) is 3.98. The zero-order valence-corrected chi connectivity index (χ0v) is 11.9. The average molecular weight is 278 g/mol. The number of nitrogens with zero attached hydrogens (tertiary/aromatic N) is 3. The highest BCUT2D eigenvalue weighted by Gasteiger charge is 2.20. The molecule has 1 aliphatic carbocycles. The lowest BCUT2D eigenvalue weighted by atomic mass is 10.1. The quantitative estimate of drug-likeness (QED) is 0.780. The summed E-state index contributed by atoms with van der Waals surface area (Å²) >= 11 is 0. The van der Waals surface area contributed by atoms with Crippen LogP contribution in [0, 0.1) is 0 Å². The van der Waals surface area contributed by atoms with Gasteiger partial charge in [-0.05, 0) is 24.5 Å². The molecule has 0 radical (unpaired) electrons. The Morgan fingerprint density at radius 3 is 2.90 bits per heavy atom. The summed E-state index contributed by atoms with van der Waals surface area (Å²) in [6.45, 7) is 1.66. The number of benzene rings is 1. The van der Waals surface area contributed by atoms with Crippen molar-refractivity contribution in [3.05, 3.63) is 60.3 Å². The minimum atomic E-state index is 0.703. The van der Waals surface area contributed by atoms with Crippen LogP contribution in [0.25, 0.3) is 10.9 Å². The highest BCUT2D eigenvalue weighted by Crippen LogP contribution is 2.20. The van der Waals surface area contributed by atoms with E-state index in [1.54, 1.807) is 0 Å². The van der Waals surface area contributed by atoms with Crippen molar-refractivity contribution >= 4 is 10.9 Å². The number of hydrogen-bond acceptors (Lipinski definition) is 3. The van der Waals surface area contributed by atoms with Crippen molar-refractivity contribution in [2.24, 2.45) is 0 Å². The van der Waals surface area contributed by atoms with Gasteiger partial charge in [-0.25, -0.2) is 4.98 Å². The van der Waals surface area contributed by atoms with E-state index in [1.807, 2.05) is 24.7 Å². The third-order valence-electron chi connectivity index (χ3n) is 3.98. The predicted molar refractivity (Wildman–Crippen MR) is 82.9 cm³/mol. The van der Waals surface area contributed by atoms with Gasteiger partial charge in [0.05, 0.1) is 18.6 Å². The van der Waals surface area contributed by atoms with E-state index < -0.39 is 0 Å². The van der Waals surface area contributed by atoms with Gasteiger partial charge in [-0.1, -0.05) is 24.3 Å². The number of imidazole rings is 1. The Hall–Kier alpha value is -2.20. The monoisotopic (exact) mass is 278 g/mol. The van der Waals surface area contributed by atoms with Gasteiger partial charge in [0.25, 0.3) is 0 Å². The highest BCUT2D eigenvalue weighted by molar-refractivity contribution is 5.81. The molecule has 0 unspecified atom stereocenters. The van der Waals surface area contributed by atoms with Crippen LogP contribution in [0.2, 0.25) is 0 Å². The second-order valence-corrected chi connectivity index (χ2v) is 5.62. The summed E-state index contributed by atoms with van der Waals surface area (Å²) in [5.74, 6) is 1.09. The van der Waals surface area contributed by atoms with Crippen molar-refractivity contribution in [1.29, 1.82) is 0 Å². The van der Waals surface area contributed by atoms with Crippen LogP contribution in [-0.2, 0) is 13.1 Å². The molecule has 1 saturated carbocycles. The van der Waals surface area contributed by atoms with Gasteiger partial charge in [-0.3, -0.25) is 4.98 Å². The molecule has 2 heterocycles. The molecular formula is C17H18N4. The number of hydrogen-bond donors (Lipinski definition) is 1. The predicted octanol–water partition coefficient (Wildman–Crippen LogP) is 2.73. The Labute approximate surface area is 123 Å². The molecule has 0 saturated heterocycles. The van der Waals surface area contributed by atoms with Crippen molar-refractivity contribution < 1.29 is 0 Å². The molecule has 1 aromatic carbocycles. The maximum atomic E-state index is 4.53. The molecule has 0 bridgehead atoms. The van der Waals surface area contributed by atoms with Crippen LogP contribution in [0.4, 0.5) is 0 Å². The molecule has 4 rings (SSSR count). The Balaban J connectivity index is 1.61. The van der Waals surface area contributed by atoms with Crippen LogP contribution in [0.15, 0.2) is 48.9 Å². The van der Waals surface area contributed by atoms with Crippen molar-refractivity contribution in [3.63, 3.8) is 0 Å². The van der Waals surface area contributed by atoms with Gasteiger partial charge in [0, 0.05) is 30.0 Å². The van der Waals surface area contributed by atoms with Crippen LogP contribution < -0.4 is 5.32 Å². The number of nitrogens with one attached hydrogen (secondary N) is 1. The molecule has 2 aromatic heterocycles. The number of pyridine rings is 1. The zero-order chi connectivity index (χ0) is 14.1. The first-order valence-corrected chi connectivity index (χ1v) is 7.46. The van der Waals surface area contributed by atoms with Crippen LogP contribution in [0.1, 0.15) is 24.2 Å². The second-order valence-electron chi connectivity index (χ2n) is 5.62. The molecule has 0 spiro atoms. The van der Waals surface area contributed by atoms with E-state index in [1.165, 1.54) is 23.8 Å². The molecule has 21 heavy (non-hydrogen) atoms. The standard InChI is InChI=1S/C17H18N4/c1-3-13-5-2-8-19-17(13)14(4-1)12-21-10-9-18-16(21)11-20-15-6-7-15/h1-5,8-10,15,20H,6-7,11-12H2. The van der Waals surface area contributed by atoms with Gasteiger partial charge in [0.2, 0.25) is 0 Å². The first-order chi connectivity index (χ1) is 10.4. The Morgan fingerprint density at radius 1 is 1.10 bits per heavy atom. The van der Waals surface area contributed by atoms with Gasteiger partial charge in [-0.2, -0.15) is 0 Å². The average Bonchev–Trinajstić information content (AvgIpc) is 3.25. The first kappa shape index (κ1) is 12.5. The van der Waals surface area contributed by atoms with E-state index in [4.69, 9.17) is 0 Å².